The van der Waals surface area contributed by atoms with Gasteiger partial charge in [0.2, 0.25) is 0 Å². The molecule has 0 saturated heterocycles. The molecule has 0 amide bonds. The Hall–Kier alpha value is -0.0400. The fourth-order valence-electron chi connectivity index (χ4n) is 2.55. The molecule has 0 aliphatic rings. The minimum atomic E-state index is 0.371. The predicted molar refractivity (Wildman–Crippen MR) is 81.9 cm³/mol. The van der Waals surface area contributed by atoms with E-state index in [4.69, 9.17) is 5.11 Å². The molecule has 1 heteroatoms. The summed E-state index contributed by atoms with van der Waals surface area (Å²) in [6.45, 7) is 5.08. The van der Waals surface area contributed by atoms with Crippen molar-refractivity contribution < 1.29 is 5.11 Å². The SMILES string of the molecule is CCCCCCC(C)CCCCCCCCCO. The molecule has 1 nitrogen and oxygen atoms in total. The van der Waals surface area contributed by atoms with E-state index in [2.05, 4.69) is 13.8 Å². The van der Waals surface area contributed by atoms with Crippen molar-refractivity contribution >= 4 is 0 Å². The summed E-state index contributed by atoms with van der Waals surface area (Å²) in [5.41, 5.74) is 0. The second-order valence-corrected chi connectivity index (χ2v) is 5.94. The first kappa shape index (κ1) is 18.0. The molecule has 1 atom stereocenters. The molecule has 0 rings (SSSR count). The van der Waals surface area contributed by atoms with Crippen molar-refractivity contribution in [2.24, 2.45) is 5.92 Å². The highest BCUT2D eigenvalue weighted by atomic mass is 16.2. The van der Waals surface area contributed by atoms with Crippen LogP contribution in [0.3, 0.4) is 0 Å². The molecule has 1 N–H and O–H groups in total. The Bertz CT molecular complexity index is 145. The van der Waals surface area contributed by atoms with Crippen molar-refractivity contribution in [1.82, 2.24) is 0 Å². The second-order valence-electron chi connectivity index (χ2n) is 5.94. The third kappa shape index (κ3) is 14.0. The molecule has 0 aliphatic carbocycles. The van der Waals surface area contributed by atoms with Crippen LogP contribution in [0, 0.1) is 5.92 Å². The van der Waals surface area contributed by atoms with E-state index in [9.17, 15) is 0 Å². The van der Waals surface area contributed by atoms with Gasteiger partial charge >= 0.3 is 0 Å². The quantitative estimate of drug-likeness (QED) is 0.395. The summed E-state index contributed by atoms with van der Waals surface area (Å²) >= 11 is 0. The molecule has 0 aromatic carbocycles. The maximum Gasteiger partial charge on any atom is 0.0431 e. The number of aliphatic hydroxyl groups is 1. The van der Waals surface area contributed by atoms with Gasteiger partial charge in [-0.3, -0.25) is 0 Å². The molecule has 18 heavy (non-hydrogen) atoms. The van der Waals surface area contributed by atoms with Crippen LogP contribution in [-0.2, 0) is 0 Å². The summed E-state index contributed by atoms with van der Waals surface area (Å²) in [7, 11) is 0. The van der Waals surface area contributed by atoms with Crippen LogP contribution in [0.2, 0.25) is 0 Å². The van der Waals surface area contributed by atoms with Gasteiger partial charge in [-0.1, -0.05) is 90.9 Å². The normalized spacial score (nSPS) is 12.8. The van der Waals surface area contributed by atoms with Crippen molar-refractivity contribution in [3.05, 3.63) is 0 Å². The first-order valence-electron chi connectivity index (χ1n) is 8.42. The first-order chi connectivity index (χ1) is 8.81. The Balaban J connectivity index is 3.08. The standard InChI is InChI=1S/C17H36O/c1-3-4-5-11-14-17(2)15-12-9-7-6-8-10-13-16-18/h17-18H,3-16H2,1-2H3. The molecular formula is C17H36O. The fourth-order valence-corrected chi connectivity index (χ4v) is 2.55. The molecule has 0 aliphatic heterocycles. The van der Waals surface area contributed by atoms with E-state index in [1.54, 1.807) is 0 Å². The zero-order valence-corrected chi connectivity index (χ0v) is 12.9. The van der Waals surface area contributed by atoms with Crippen LogP contribution >= 0.6 is 0 Å². The molecule has 0 saturated carbocycles. The molecule has 1 unspecified atom stereocenters. The predicted octanol–water partition coefficient (Wildman–Crippen LogP) is 5.71. The number of hydrogen-bond donors (Lipinski definition) is 1. The van der Waals surface area contributed by atoms with E-state index >= 15 is 0 Å². The van der Waals surface area contributed by atoms with Crippen LogP contribution in [0.25, 0.3) is 0 Å². The van der Waals surface area contributed by atoms with Crippen molar-refractivity contribution in [2.75, 3.05) is 6.61 Å². The van der Waals surface area contributed by atoms with E-state index in [1.165, 1.54) is 77.0 Å². The highest BCUT2D eigenvalue weighted by molar-refractivity contribution is 4.55. The number of aliphatic hydroxyl groups excluding tert-OH is 1. The molecular weight excluding hydrogens is 220 g/mol. The van der Waals surface area contributed by atoms with E-state index in [-0.39, 0.29) is 0 Å². The van der Waals surface area contributed by atoms with Gasteiger partial charge in [0.15, 0.2) is 0 Å². The lowest BCUT2D eigenvalue weighted by Crippen LogP contribution is -1.95. The van der Waals surface area contributed by atoms with Gasteiger partial charge in [-0.25, -0.2) is 0 Å². The molecule has 0 heterocycles. The van der Waals surface area contributed by atoms with Crippen LogP contribution in [-0.4, -0.2) is 11.7 Å². The van der Waals surface area contributed by atoms with Gasteiger partial charge in [0.25, 0.3) is 0 Å². The highest BCUT2D eigenvalue weighted by Gasteiger charge is 2.01. The molecule has 0 spiro atoms. The van der Waals surface area contributed by atoms with Crippen molar-refractivity contribution in [3.63, 3.8) is 0 Å². The lowest BCUT2D eigenvalue weighted by Gasteiger charge is -2.10. The van der Waals surface area contributed by atoms with E-state index in [1.807, 2.05) is 0 Å². The first-order valence-corrected chi connectivity index (χ1v) is 8.42. The van der Waals surface area contributed by atoms with E-state index < -0.39 is 0 Å². The maximum absolute atomic E-state index is 8.67. The molecule has 0 radical (unpaired) electrons. The van der Waals surface area contributed by atoms with Crippen LogP contribution in [0.5, 0.6) is 0 Å². The zero-order chi connectivity index (χ0) is 13.5. The second kappa shape index (κ2) is 15.0. The number of rotatable bonds is 14. The Morgan fingerprint density at radius 1 is 0.667 bits per heavy atom. The van der Waals surface area contributed by atoms with Gasteiger partial charge in [0, 0.05) is 6.61 Å². The van der Waals surface area contributed by atoms with Gasteiger partial charge in [0.1, 0.15) is 0 Å². The van der Waals surface area contributed by atoms with Gasteiger partial charge in [-0.05, 0) is 12.3 Å². The zero-order valence-electron chi connectivity index (χ0n) is 12.9. The minimum absolute atomic E-state index is 0.371. The molecule has 0 bridgehead atoms. The van der Waals surface area contributed by atoms with Crippen LogP contribution in [0.4, 0.5) is 0 Å². The number of hydrogen-bond acceptors (Lipinski definition) is 1. The summed E-state index contributed by atoms with van der Waals surface area (Å²) in [5, 5.41) is 8.67. The van der Waals surface area contributed by atoms with E-state index in [0.29, 0.717) is 6.61 Å². The highest BCUT2D eigenvalue weighted by Crippen LogP contribution is 2.18. The minimum Gasteiger partial charge on any atom is -0.396 e. The van der Waals surface area contributed by atoms with Crippen LogP contribution in [0.1, 0.15) is 97.3 Å². The third-order valence-electron chi connectivity index (χ3n) is 3.91. The molecule has 0 fully saturated rings. The average molecular weight is 256 g/mol. The fraction of sp³-hybridized carbons (Fsp3) is 1.00. The molecule has 110 valence electrons. The lowest BCUT2D eigenvalue weighted by molar-refractivity contribution is 0.282. The Morgan fingerprint density at radius 3 is 1.61 bits per heavy atom. The topological polar surface area (TPSA) is 20.2 Å². The Labute approximate surface area is 115 Å². The molecule has 0 aromatic heterocycles. The summed E-state index contributed by atoms with van der Waals surface area (Å²) in [6, 6.07) is 0. The maximum atomic E-state index is 8.67. The van der Waals surface area contributed by atoms with Crippen molar-refractivity contribution in [3.8, 4) is 0 Å². The van der Waals surface area contributed by atoms with Crippen molar-refractivity contribution in [2.45, 2.75) is 97.3 Å². The van der Waals surface area contributed by atoms with Gasteiger partial charge in [0.05, 0.1) is 0 Å². The van der Waals surface area contributed by atoms with Crippen molar-refractivity contribution in [1.29, 1.82) is 0 Å². The van der Waals surface area contributed by atoms with Crippen LogP contribution in [0.15, 0.2) is 0 Å². The summed E-state index contributed by atoms with van der Waals surface area (Å²) in [6.07, 6.45) is 17.6. The average Bonchev–Trinajstić information content (AvgIpc) is 2.38. The third-order valence-corrected chi connectivity index (χ3v) is 3.91. The van der Waals surface area contributed by atoms with Gasteiger partial charge in [-0.2, -0.15) is 0 Å². The Morgan fingerprint density at radius 2 is 1.11 bits per heavy atom. The lowest BCUT2D eigenvalue weighted by atomic mass is 9.96. The smallest absolute Gasteiger partial charge is 0.0431 e. The largest absolute Gasteiger partial charge is 0.396 e. The summed E-state index contributed by atoms with van der Waals surface area (Å²) in [5.74, 6) is 0.941. The number of unbranched alkanes of at least 4 members (excludes halogenated alkanes) is 9. The van der Waals surface area contributed by atoms with Gasteiger partial charge in [-0.15, -0.1) is 0 Å². The Kier molecular flexibility index (Phi) is 15.0. The monoisotopic (exact) mass is 256 g/mol. The summed E-state index contributed by atoms with van der Waals surface area (Å²) < 4.78 is 0. The van der Waals surface area contributed by atoms with Crippen LogP contribution < -0.4 is 0 Å². The molecule has 0 aromatic rings. The van der Waals surface area contributed by atoms with E-state index in [0.717, 1.165) is 12.3 Å². The van der Waals surface area contributed by atoms with Gasteiger partial charge < -0.3 is 5.11 Å². The summed E-state index contributed by atoms with van der Waals surface area (Å²) in [4.78, 5) is 0.